The summed E-state index contributed by atoms with van der Waals surface area (Å²) in [6, 6.07) is 21.0. The third kappa shape index (κ3) is 3.93. The van der Waals surface area contributed by atoms with Crippen molar-refractivity contribution in [3.8, 4) is 5.75 Å². The van der Waals surface area contributed by atoms with E-state index in [1.54, 1.807) is 7.11 Å². The van der Waals surface area contributed by atoms with Crippen LogP contribution < -0.4 is 4.74 Å². The fraction of sp³-hybridized carbons (Fsp3) is 0.150. The largest absolute Gasteiger partial charge is 0.497 e. The van der Waals surface area contributed by atoms with E-state index in [0.29, 0.717) is 0 Å². The molecule has 3 rings (SSSR count). The zero-order chi connectivity index (χ0) is 16.1. The SMILES string of the molecule is COc1ccc(C(Sc2cccc(C)c2)c2cccnc2)cc1. The minimum absolute atomic E-state index is 0.205. The predicted molar refractivity (Wildman–Crippen MR) is 96.1 cm³/mol. The van der Waals surface area contributed by atoms with Gasteiger partial charge in [0.15, 0.2) is 0 Å². The van der Waals surface area contributed by atoms with Crippen molar-refractivity contribution in [3.05, 3.63) is 89.7 Å². The molecule has 1 unspecified atom stereocenters. The van der Waals surface area contributed by atoms with Gasteiger partial charge in [-0.05, 0) is 48.4 Å². The van der Waals surface area contributed by atoms with Crippen LogP contribution in [0, 0.1) is 6.92 Å². The lowest BCUT2D eigenvalue weighted by molar-refractivity contribution is 0.414. The van der Waals surface area contributed by atoms with E-state index in [9.17, 15) is 0 Å². The van der Waals surface area contributed by atoms with Crippen LogP contribution in [0.3, 0.4) is 0 Å². The summed E-state index contributed by atoms with van der Waals surface area (Å²) in [5.74, 6) is 0.874. The Bertz CT molecular complexity index is 756. The Kier molecular flexibility index (Phi) is 4.99. The van der Waals surface area contributed by atoms with Gasteiger partial charge in [-0.2, -0.15) is 0 Å². The molecule has 1 heterocycles. The van der Waals surface area contributed by atoms with Crippen LogP contribution in [0.25, 0.3) is 0 Å². The summed E-state index contributed by atoms with van der Waals surface area (Å²) in [7, 11) is 1.69. The number of aryl methyl sites for hydroxylation is 1. The first-order valence-corrected chi connectivity index (χ1v) is 8.41. The van der Waals surface area contributed by atoms with Gasteiger partial charge in [-0.1, -0.05) is 35.9 Å². The van der Waals surface area contributed by atoms with E-state index >= 15 is 0 Å². The number of benzene rings is 2. The summed E-state index contributed by atoms with van der Waals surface area (Å²) in [5, 5.41) is 0.205. The van der Waals surface area contributed by atoms with Gasteiger partial charge in [0, 0.05) is 17.3 Å². The fourth-order valence-corrected chi connectivity index (χ4v) is 3.71. The molecular weight excluding hydrogens is 302 g/mol. The molecule has 0 aliphatic carbocycles. The first-order valence-electron chi connectivity index (χ1n) is 7.53. The first kappa shape index (κ1) is 15.6. The van der Waals surface area contributed by atoms with Gasteiger partial charge in [-0.3, -0.25) is 4.98 Å². The zero-order valence-corrected chi connectivity index (χ0v) is 14.1. The predicted octanol–water partition coefficient (Wildman–Crippen LogP) is 5.28. The average molecular weight is 321 g/mol. The topological polar surface area (TPSA) is 22.1 Å². The summed E-state index contributed by atoms with van der Waals surface area (Å²) >= 11 is 1.84. The molecule has 116 valence electrons. The van der Waals surface area contributed by atoms with Gasteiger partial charge in [0.25, 0.3) is 0 Å². The molecule has 2 nitrogen and oxygen atoms in total. The van der Waals surface area contributed by atoms with Gasteiger partial charge in [-0.15, -0.1) is 11.8 Å². The molecule has 3 heteroatoms. The van der Waals surface area contributed by atoms with Crippen molar-refractivity contribution in [1.29, 1.82) is 0 Å². The number of ether oxygens (including phenoxy) is 1. The fourth-order valence-electron chi connectivity index (χ4n) is 2.46. The Morgan fingerprint density at radius 2 is 1.78 bits per heavy atom. The molecular formula is C20H19NOS. The Hall–Kier alpha value is -2.26. The first-order chi connectivity index (χ1) is 11.3. The molecule has 1 aromatic heterocycles. The second-order valence-electron chi connectivity index (χ2n) is 5.37. The maximum absolute atomic E-state index is 5.27. The molecule has 0 aliphatic heterocycles. The maximum atomic E-state index is 5.27. The van der Waals surface area contributed by atoms with Crippen LogP contribution in [-0.2, 0) is 0 Å². The average Bonchev–Trinajstić information content (AvgIpc) is 2.61. The number of thioether (sulfide) groups is 1. The quantitative estimate of drug-likeness (QED) is 0.597. The van der Waals surface area contributed by atoms with Gasteiger partial charge in [0.2, 0.25) is 0 Å². The third-order valence-corrected chi connectivity index (χ3v) is 4.96. The van der Waals surface area contributed by atoms with Gasteiger partial charge in [0.05, 0.1) is 12.4 Å². The lowest BCUT2D eigenvalue weighted by Crippen LogP contribution is -1.98. The molecule has 0 amide bonds. The highest BCUT2D eigenvalue weighted by atomic mass is 32.2. The lowest BCUT2D eigenvalue weighted by Gasteiger charge is -2.18. The maximum Gasteiger partial charge on any atom is 0.118 e. The number of pyridine rings is 1. The summed E-state index contributed by atoms with van der Waals surface area (Å²) in [6.45, 7) is 2.12. The van der Waals surface area contributed by atoms with E-state index in [2.05, 4.69) is 54.4 Å². The lowest BCUT2D eigenvalue weighted by atomic mass is 10.1. The van der Waals surface area contributed by atoms with Gasteiger partial charge in [0.1, 0.15) is 5.75 Å². The van der Waals surface area contributed by atoms with E-state index < -0.39 is 0 Å². The van der Waals surface area contributed by atoms with Crippen molar-refractivity contribution in [2.24, 2.45) is 0 Å². The molecule has 0 spiro atoms. The van der Waals surface area contributed by atoms with Crippen LogP contribution in [0.4, 0.5) is 0 Å². The molecule has 1 atom stereocenters. The van der Waals surface area contributed by atoms with Crippen LogP contribution in [-0.4, -0.2) is 12.1 Å². The number of nitrogens with zero attached hydrogens (tertiary/aromatic N) is 1. The second-order valence-corrected chi connectivity index (χ2v) is 6.55. The minimum atomic E-state index is 0.205. The number of rotatable bonds is 5. The van der Waals surface area contributed by atoms with Crippen molar-refractivity contribution < 1.29 is 4.74 Å². The van der Waals surface area contributed by atoms with Crippen LogP contribution in [0.15, 0.2) is 78.0 Å². The molecule has 0 N–H and O–H groups in total. The highest BCUT2D eigenvalue weighted by Crippen LogP contribution is 2.40. The molecule has 0 fully saturated rings. The third-order valence-electron chi connectivity index (χ3n) is 3.65. The molecule has 2 aromatic carbocycles. The minimum Gasteiger partial charge on any atom is -0.497 e. The summed E-state index contributed by atoms with van der Waals surface area (Å²) in [6.07, 6.45) is 3.75. The number of hydrogen-bond acceptors (Lipinski definition) is 3. The van der Waals surface area contributed by atoms with Gasteiger partial charge >= 0.3 is 0 Å². The standard InChI is InChI=1S/C20H19NOS/c1-15-5-3-7-19(13-15)23-20(17-6-4-12-21-14-17)16-8-10-18(22-2)11-9-16/h3-14,20H,1-2H3. The van der Waals surface area contributed by atoms with Gasteiger partial charge in [-0.25, -0.2) is 0 Å². The summed E-state index contributed by atoms with van der Waals surface area (Å²) < 4.78 is 5.27. The monoisotopic (exact) mass is 321 g/mol. The highest BCUT2D eigenvalue weighted by molar-refractivity contribution is 7.99. The molecule has 0 saturated heterocycles. The number of hydrogen-bond donors (Lipinski definition) is 0. The van der Waals surface area contributed by atoms with Crippen molar-refractivity contribution >= 4 is 11.8 Å². The molecule has 0 aliphatic rings. The van der Waals surface area contributed by atoms with E-state index in [0.717, 1.165) is 5.75 Å². The Balaban J connectivity index is 1.96. The van der Waals surface area contributed by atoms with Crippen LogP contribution in [0.5, 0.6) is 5.75 Å². The van der Waals surface area contributed by atoms with Crippen molar-refractivity contribution in [2.45, 2.75) is 17.1 Å². The normalized spacial score (nSPS) is 11.9. The summed E-state index contributed by atoms with van der Waals surface area (Å²) in [4.78, 5) is 5.54. The van der Waals surface area contributed by atoms with E-state index in [1.807, 2.05) is 42.4 Å². The van der Waals surface area contributed by atoms with Crippen LogP contribution >= 0.6 is 11.8 Å². The number of methoxy groups -OCH3 is 1. The number of aromatic nitrogens is 1. The van der Waals surface area contributed by atoms with E-state index in [1.165, 1.54) is 21.6 Å². The van der Waals surface area contributed by atoms with Crippen LogP contribution in [0.1, 0.15) is 21.9 Å². The zero-order valence-electron chi connectivity index (χ0n) is 13.3. The Morgan fingerprint density at radius 1 is 0.957 bits per heavy atom. The smallest absolute Gasteiger partial charge is 0.118 e. The van der Waals surface area contributed by atoms with Crippen molar-refractivity contribution in [2.75, 3.05) is 7.11 Å². The molecule has 0 radical (unpaired) electrons. The highest BCUT2D eigenvalue weighted by Gasteiger charge is 2.16. The second kappa shape index (κ2) is 7.34. The van der Waals surface area contributed by atoms with Crippen molar-refractivity contribution in [1.82, 2.24) is 4.98 Å². The van der Waals surface area contributed by atoms with Gasteiger partial charge < -0.3 is 4.74 Å². The van der Waals surface area contributed by atoms with Crippen LogP contribution in [0.2, 0.25) is 0 Å². The van der Waals surface area contributed by atoms with E-state index in [-0.39, 0.29) is 5.25 Å². The molecule has 0 bridgehead atoms. The Morgan fingerprint density at radius 3 is 2.43 bits per heavy atom. The molecule has 23 heavy (non-hydrogen) atoms. The molecule has 0 saturated carbocycles. The van der Waals surface area contributed by atoms with Crippen molar-refractivity contribution in [3.63, 3.8) is 0 Å². The summed E-state index contributed by atoms with van der Waals surface area (Å²) in [5.41, 5.74) is 3.71. The van der Waals surface area contributed by atoms with E-state index in [4.69, 9.17) is 4.74 Å². The Labute approximate surface area is 141 Å². The molecule has 3 aromatic rings.